The standard InChI is InChI=1S/C6H13NO6.Ca/c7-6(13)5(12)4(11)3(10)2(9)1-8;/h2-5,8-12H,1H2,(H2,7,13);/t2-,3-,4+,5-;/m1./s1. The molecule has 0 aromatic carbocycles. The zero-order valence-electron chi connectivity index (χ0n) is 7.45. The van der Waals surface area contributed by atoms with E-state index in [0.29, 0.717) is 0 Å². The van der Waals surface area contributed by atoms with E-state index in [1.807, 2.05) is 0 Å². The molecule has 0 aliphatic heterocycles. The van der Waals surface area contributed by atoms with Gasteiger partial charge in [0.05, 0.1) is 6.61 Å². The summed E-state index contributed by atoms with van der Waals surface area (Å²) in [5, 5.41) is 44.0. The molecule has 7 nitrogen and oxygen atoms in total. The van der Waals surface area contributed by atoms with Crippen LogP contribution in [-0.2, 0) is 4.79 Å². The Kier molecular flexibility index (Phi) is 9.41. The van der Waals surface area contributed by atoms with Gasteiger partial charge in [-0.15, -0.1) is 0 Å². The van der Waals surface area contributed by atoms with Crippen LogP contribution in [0.25, 0.3) is 0 Å². The number of hydrogen-bond donors (Lipinski definition) is 6. The third-order valence-electron chi connectivity index (χ3n) is 1.55. The van der Waals surface area contributed by atoms with Crippen LogP contribution in [-0.4, -0.2) is 100 Å². The van der Waals surface area contributed by atoms with E-state index in [0.717, 1.165) is 0 Å². The number of carbonyl (C=O) groups excluding carboxylic acids is 1. The Morgan fingerprint density at radius 1 is 1.14 bits per heavy atom. The van der Waals surface area contributed by atoms with Gasteiger partial charge in [0.25, 0.3) is 0 Å². The fraction of sp³-hybridized carbons (Fsp3) is 0.833. The Hall–Kier alpha value is 0.530. The van der Waals surface area contributed by atoms with Gasteiger partial charge in [0, 0.05) is 37.7 Å². The van der Waals surface area contributed by atoms with E-state index in [-0.39, 0.29) is 37.7 Å². The molecule has 0 rings (SSSR count). The van der Waals surface area contributed by atoms with Gasteiger partial charge < -0.3 is 31.3 Å². The van der Waals surface area contributed by atoms with E-state index in [9.17, 15) is 4.79 Å². The first-order valence-electron chi connectivity index (χ1n) is 3.54. The average Bonchev–Trinajstić information content (AvgIpc) is 2.12. The maximum absolute atomic E-state index is 10.3. The van der Waals surface area contributed by atoms with Gasteiger partial charge in [0.2, 0.25) is 5.91 Å². The molecule has 0 fully saturated rings. The van der Waals surface area contributed by atoms with Gasteiger partial charge >= 0.3 is 0 Å². The first-order chi connectivity index (χ1) is 5.91. The molecule has 14 heavy (non-hydrogen) atoms. The summed E-state index contributed by atoms with van der Waals surface area (Å²) in [6.45, 7) is -0.802. The summed E-state index contributed by atoms with van der Waals surface area (Å²) in [6.07, 6.45) is -7.35. The molecule has 8 heteroatoms. The maximum atomic E-state index is 10.3. The molecule has 0 aromatic rings. The van der Waals surface area contributed by atoms with Crippen molar-refractivity contribution in [2.45, 2.75) is 24.4 Å². The van der Waals surface area contributed by atoms with Crippen LogP contribution in [0.4, 0.5) is 0 Å². The number of primary amides is 1. The molecule has 0 aliphatic rings. The van der Waals surface area contributed by atoms with Crippen molar-refractivity contribution in [2.75, 3.05) is 6.61 Å². The van der Waals surface area contributed by atoms with Crippen LogP contribution in [0.3, 0.4) is 0 Å². The minimum Gasteiger partial charge on any atom is -0.394 e. The van der Waals surface area contributed by atoms with Gasteiger partial charge in [0.15, 0.2) is 6.10 Å². The Bertz CT molecular complexity index is 180. The molecule has 4 atom stereocenters. The molecule has 7 N–H and O–H groups in total. The van der Waals surface area contributed by atoms with Crippen LogP contribution in [0.5, 0.6) is 0 Å². The monoisotopic (exact) mass is 235 g/mol. The van der Waals surface area contributed by atoms with Crippen molar-refractivity contribution >= 4 is 43.6 Å². The molecule has 0 heterocycles. The summed E-state index contributed by atoms with van der Waals surface area (Å²) in [5.41, 5.74) is 4.61. The third kappa shape index (κ3) is 4.85. The molecule has 0 unspecified atom stereocenters. The predicted molar refractivity (Wildman–Crippen MR) is 46.1 cm³/mol. The van der Waals surface area contributed by atoms with Crippen molar-refractivity contribution in [1.82, 2.24) is 0 Å². The number of hydrogen-bond acceptors (Lipinski definition) is 6. The molecule has 0 bridgehead atoms. The fourth-order valence-corrected chi connectivity index (χ4v) is 0.691. The van der Waals surface area contributed by atoms with Gasteiger partial charge in [-0.1, -0.05) is 0 Å². The zero-order chi connectivity index (χ0) is 10.6. The topological polar surface area (TPSA) is 144 Å². The second kappa shape index (κ2) is 7.77. The van der Waals surface area contributed by atoms with Crippen molar-refractivity contribution in [1.29, 1.82) is 0 Å². The number of nitrogens with two attached hydrogens (primary N) is 1. The summed E-state index contributed by atoms with van der Waals surface area (Å²) in [5.74, 6) is -1.23. The number of aliphatic hydroxyl groups is 5. The van der Waals surface area contributed by atoms with Crippen molar-refractivity contribution in [2.24, 2.45) is 5.73 Å². The van der Waals surface area contributed by atoms with Gasteiger partial charge in [0.1, 0.15) is 18.3 Å². The predicted octanol–water partition coefficient (Wildman–Crippen LogP) is -4.47. The van der Waals surface area contributed by atoms with E-state index in [1.54, 1.807) is 0 Å². The summed E-state index contributed by atoms with van der Waals surface area (Å²) >= 11 is 0. The molecular formula is C6H13CaNO6. The van der Waals surface area contributed by atoms with Crippen molar-refractivity contribution in [3.05, 3.63) is 0 Å². The molecule has 0 aromatic heterocycles. The van der Waals surface area contributed by atoms with Crippen molar-refractivity contribution in [3.63, 3.8) is 0 Å². The Balaban J connectivity index is 0. The summed E-state index contributed by atoms with van der Waals surface area (Å²) in [6, 6.07) is 0. The van der Waals surface area contributed by atoms with E-state index >= 15 is 0 Å². The molecule has 0 spiro atoms. The first-order valence-corrected chi connectivity index (χ1v) is 3.54. The quantitative estimate of drug-likeness (QED) is 0.265. The Labute approximate surface area is 110 Å². The largest absolute Gasteiger partial charge is 0.394 e. The van der Waals surface area contributed by atoms with Gasteiger partial charge in [-0.2, -0.15) is 0 Å². The van der Waals surface area contributed by atoms with Crippen LogP contribution in [0, 0.1) is 0 Å². The molecular weight excluding hydrogens is 222 g/mol. The molecule has 0 saturated carbocycles. The third-order valence-corrected chi connectivity index (χ3v) is 1.55. The summed E-state index contributed by atoms with van der Waals surface area (Å²) in [4.78, 5) is 10.3. The maximum Gasteiger partial charge on any atom is 0.249 e. The smallest absolute Gasteiger partial charge is 0.249 e. The number of carbonyl (C=O) groups is 1. The number of aliphatic hydroxyl groups excluding tert-OH is 5. The summed E-state index contributed by atoms with van der Waals surface area (Å²) in [7, 11) is 0. The molecule has 2 radical (unpaired) electrons. The van der Waals surface area contributed by atoms with E-state index in [4.69, 9.17) is 25.5 Å². The molecule has 0 saturated heterocycles. The van der Waals surface area contributed by atoms with Gasteiger partial charge in [-0.05, 0) is 0 Å². The van der Waals surface area contributed by atoms with Gasteiger partial charge in [-0.25, -0.2) is 0 Å². The van der Waals surface area contributed by atoms with Gasteiger partial charge in [-0.3, -0.25) is 4.79 Å². The van der Waals surface area contributed by atoms with Crippen LogP contribution in [0.1, 0.15) is 0 Å². The SMILES string of the molecule is NC(=O)[C@H](O)[C@@H](O)[C@H](O)[C@H](O)CO.[Ca]. The van der Waals surface area contributed by atoms with E-state index in [1.165, 1.54) is 0 Å². The first kappa shape index (κ1) is 16.9. The fourth-order valence-electron chi connectivity index (χ4n) is 0.691. The Morgan fingerprint density at radius 3 is 1.86 bits per heavy atom. The number of amides is 1. The summed E-state index contributed by atoms with van der Waals surface area (Å²) < 4.78 is 0. The molecule has 1 amide bonds. The van der Waals surface area contributed by atoms with Crippen molar-refractivity contribution < 1.29 is 30.3 Å². The van der Waals surface area contributed by atoms with E-state index < -0.39 is 36.9 Å². The van der Waals surface area contributed by atoms with Crippen LogP contribution >= 0.6 is 0 Å². The second-order valence-electron chi connectivity index (χ2n) is 2.58. The number of rotatable bonds is 5. The normalized spacial score (nSPS) is 18.9. The van der Waals surface area contributed by atoms with Crippen LogP contribution in [0.2, 0.25) is 0 Å². The average molecular weight is 235 g/mol. The second-order valence-corrected chi connectivity index (χ2v) is 2.58. The minimum absolute atomic E-state index is 0. The van der Waals surface area contributed by atoms with Crippen LogP contribution < -0.4 is 5.73 Å². The van der Waals surface area contributed by atoms with E-state index in [2.05, 4.69) is 5.73 Å². The molecule has 80 valence electrons. The van der Waals surface area contributed by atoms with Crippen molar-refractivity contribution in [3.8, 4) is 0 Å². The van der Waals surface area contributed by atoms with Crippen LogP contribution in [0.15, 0.2) is 0 Å². The zero-order valence-corrected chi connectivity index (χ0v) is 9.65. The molecule has 0 aliphatic carbocycles. The Morgan fingerprint density at radius 2 is 1.57 bits per heavy atom. The minimum atomic E-state index is -1.98.